The molecule has 2 nitrogen and oxygen atoms in total. The summed E-state index contributed by atoms with van der Waals surface area (Å²) in [4.78, 5) is 2.36. The van der Waals surface area contributed by atoms with Crippen molar-refractivity contribution in [2.45, 2.75) is 0 Å². The van der Waals surface area contributed by atoms with E-state index >= 15 is 0 Å². The molecule has 0 aliphatic heterocycles. The standard InChI is InChI=1S/C60H40N2/c1-2-19-47(20-3-1)61(48-37-35-42(36-38-48)41-31-33-44(34-32-41)51-27-13-17-43-15-4-6-22-50(43)51)49-21-12-18-45(39-49)53-28-14-30-58-60(53)56-26-10-11-29-57(56)62(58)59-40-46-16-5-7-23-52(46)54-24-8-9-25-55(54)59/h1-40H. The smallest absolute Gasteiger partial charge is 0.0547 e. The van der Waals surface area contributed by atoms with Crippen LogP contribution in [-0.2, 0) is 0 Å². The van der Waals surface area contributed by atoms with Gasteiger partial charge >= 0.3 is 0 Å². The first-order valence-electron chi connectivity index (χ1n) is 21.3. The van der Waals surface area contributed by atoms with Crippen LogP contribution in [0.2, 0.25) is 0 Å². The highest BCUT2D eigenvalue weighted by molar-refractivity contribution is 6.18. The van der Waals surface area contributed by atoms with Crippen molar-refractivity contribution in [1.82, 2.24) is 4.57 Å². The fraction of sp³-hybridized carbons (Fsp3) is 0. The van der Waals surface area contributed by atoms with Crippen molar-refractivity contribution in [3.63, 3.8) is 0 Å². The summed E-state index contributed by atoms with van der Waals surface area (Å²) in [6.07, 6.45) is 0. The van der Waals surface area contributed by atoms with Gasteiger partial charge in [0, 0.05) is 33.2 Å². The summed E-state index contributed by atoms with van der Waals surface area (Å²) in [5.41, 5.74) is 14.1. The first-order chi connectivity index (χ1) is 30.8. The Bertz CT molecular complexity index is 3610. The van der Waals surface area contributed by atoms with Gasteiger partial charge in [-0.25, -0.2) is 0 Å². The minimum Gasteiger partial charge on any atom is -0.310 e. The number of anilines is 3. The molecule has 12 aromatic rings. The zero-order valence-corrected chi connectivity index (χ0v) is 34.0. The van der Waals surface area contributed by atoms with Crippen molar-refractivity contribution in [3.05, 3.63) is 243 Å². The first kappa shape index (κ1) is 35.7. The van der Waals surface area contributed by atoms with Gasteiger partial charge in [0.1, 0.15) is 0 Å². The molecule has 290 valence electrons. The second kappa shape index (κ2) is 14.8. The fourth-order valence-corrected chi connectivity index (χ4v) is 9.70. The summed E-state index contributed by atoms with van der Waals surface area (Å²) in [5, 5.41) is 10.0. The molecule has 0 aliphatic rings. The van der Waals surface area contributed by atoms with Gasteiger partial charge in [-0.2, -0.15) is 0 Å². The third-order valence-electron chi connectivity index (χ3n) is 12.6. The van der Waals surface area contributed by atoms with E-state index < -0.39 is 0 Å². The van der Waals surface area contributed by atoms with Crippen molar-refractivity contribution < 1.29 is 0 Å². The number of fused-ring (bicyclic) bond motifs is 7. The van der Waals surface area contributed by atoms with Gasteiger partial charge in [0.15, 0.2) is 0 Å². The molecule has 11 aromatic carbocycles. The van der Waals surface area contributed by atoms with Gasteiger partial charge in [-0.3, -0.25) is 0 Å². The Kier molecular flexibility index (Phi) is 8.53. The Balaban J connectivity index is 0.952. The van der Waals surface area contributed by atoms with Crippen LogP contribution in [-0.4, -0.2) is 4.57 Å². The molecule has 0 spiro atoms. The van der Waals surface area contributed by atoms with Gasteiger partial charge in [0.05, 0.1) is 16.7 Å². The zero-order chi connectivity index (χ0) is 41.0. The molecule has 0 saturated carbocycles. The van der Waals surface area contributed by atoms with E-state index in [9.17, 15) is 0 Å². The van der Waals surface area contributed by atoms with Crippen LogP contribution in [0.25, 0.3) is 93.2 Å². The molecule has 0 amide bonds. The minimum atomic E-state index is 1.10. The van der Waals surface area contributed by atoms with Crippen molar-refractivity contribution >= 4 is 71.2 Å². The summed E-state index contributed by atoms with van der Waals surface area (Å²) >= 11 is 0. The van der Waals surface area contributed by atoms with Gasteiger partial charge in [0.25, 0.3) is 0 Å². The number of rotatable bonds is 7. The van der Waals surface area contributed by atoms with Crippen LogP contribution in [0.3, 0.4) is 0 Å². The Morgan fingerprint density at radius 2 is 0.806 bits per heavy atom. The number of benzene rings is 11. The van der Waals surface area contributed by atoms with Gasteiger partial charge in [0.2, 0.25) is 0 Å². The Morgan fingerprint density at radius 1 is 0.274 bits per heavy atom. The summed E-state index contributed by atoms with van der Waals surface area (Å²) < 4.78 is 2.47. The second-order valence-electron chi connectivity index (χ2n) is 16.1. The van der Waals surface area contributed by atoms with E-state index in [4.69, 9.17) is 0 Å². The van der Waals surface area contributed by atoms with E-state index in [1.54, 1.807) is 0 Å². The largest absolute Gasteiger partial charge is 0.310 e. The molecule has 0 saturated heterocycles. The molecule has 0 aliphatic carbocycles. The van der Waals surface area contributed by atoms with E-state index in [2.05, 4.69) is 252 Å². The molecule has 0 fully saturated rings. The highest BCUT2D eigenvalue weighted by Gasteiger charge is 2.20. The van der Waals surface area contributed by atoms with Crippen LogP contribution in [0.5, 0.6) is 0 Å². The van der Waals surface area contributed by atoms with Crippen molar-refractivity contribution in [2.75, 3.05) is 4.90 Å². The highest BCUT2D eigenvalue weighted by Crippen LogP contribution is 2.43. The van der Waals surface area contributed by atoms with Crippen molar-refractivity contribution in [3.8, 4) is 39.1 Å². The summed E-state index contributed by atoms with van der Waals surface area (Å²) in [5.74, 6) is 0. The molecule has 62 heavy (non-hydrogen) atoms. The summed E-state index contributed by atoms with van der Waals surface area (Å²) in [6, 6.07) is 88.4. The van der Waals surface area contributed by atoms with Crippen LogP contribution in [0.4, 0.5) is 17.1 Å². The molecule has 12 rings (SSSR count). The molecule has 1 aromatic heterocycles. The topological polar surface area (TPSA) is 8.17 Å². The summed E-state index contributed by atoms with van der Waals surface area (Å²) in [7, 11) is 0. The van der Waals surface area contributed by atoms with Crippen LogP contribution >= 0.6 is 0 Å². The van der Waals surface area contributed by atoms with Gasteiger partial charge < -0.3 is 9.47 Å². The van der Waals surface area contributed by atoms with E-state index in [-0.39, 0.29) is 0 Å². The third kappa shape index (κ3) is 5.96. The molecule has 2 heteroatoms. The lowest BCUT2D eigenvalue weighted by Gasteiger charge is -2.26. The molecule has 0 N–H and O–H groups in total. The average molecular weight is 789 g/mol. The first-order valence-corrected chi connectivity index (χ1v) is 21.3. The number of hydrogen-bond donors (Lipinski definition) is 0. The maximum atomic E-state index is 2.47. The highest BCUT2D eigenvalue weighted by atomic mass is 15.1. The van der Waals surface area contributed by atoms with Gasteiger partial charge in [-0.15, -0.1) is 0 Å². The molecule has 0 bridgehead atoms. The van der Waals surface area contributed by atoms with E-state index in [0.29, 0.717) is 0 Å². The minimum absolute atomic E-state index is 1.10. The van der Waals surface area contributed by atoms with E-state index in [0.717, 1.165) is 17.1 Å². The fourth-order valence-electron chi connectivity index (χ4n) is 9.70. The number of nitrogens with zero attached hydrogens (tertiary/aromatic N) is 2. The van der Waals surface area contributed by atoms with Crippen LogP contribution in [0.1, 0.15) is 0 Å². The molecule has 0 radical (unpaired) electrons. The predicted octanol–water partition coefficient (Wildman–Crippen LogP) is 16.7. The normalized spacial score (nSPS) is 11.5. The zero-order valence-electron chi connectivity index (χ0n) is 34.0. The Hall–Kier alpha value is -8.20. The number of para-hydroxylation sites is 2. The van der Waals surface area contributed by atoms with Gasteiger partial charge in [-0.1, -0.05) is 188 Å². The van der Waals surface area contributed by atoms with Crippen LogP contribution < -0.4 is 4.90 Å². The molecule has 0 unspecified atom stereocenters. The Labute approximate surface area is 360 Å². The van der Waals surface area contributed by atoms with Crippen molar-refractivity contribution in [2.24, 2.45) is 0 Å². The van der Waals surface area contributed by atoms with Crippen molar-refractivity contribution in [1.29, 1.82) is 0 Å². The Morgan fingerprint density at radius 3 is 1.61 bits per heavy atom. The predicted molar refractivity (Wildman–Crippen MR) is 264 cm³/mol. The van der Waals surface area contributed by atoms with Crippen LogP contribution in [0, 0.1) is 0 Å². The maximum absolute atomic E-state index is 2.47. The summed E-state index contributed by atoms with van der Waals surface area (Å²) in [6.45, 7) is 0. The lowest BCUT2D eigenvalue weighted by atomic mass is 9.96. The maximum Gasteiger partial charge on any atom is 0.0547 e. The monoisotopic (exact) mass is 788 g/mol. The molecule has 1 heterocycles. The van der Waals surface area contributed by atoms with Crippen LogP contribution in [0.15, 0.2) is 243 Å². The SMILES string of the molecule is c1ccc(N(c2ccc(-c3ccc(-c4cccc5ccccc45)cc3)cc2)c2cccc(-c3cccc4c3c3ccccc3n4-c3cc4ccccc4c4ccccc34)c2)cc1. The molecular weight excluding hydrogens is 749 g/mol. The molecule has 0 atom stereocenters. The second-order valence-corrected chi connectivity index (χ2v) is 16.1. The lowest BCUT2D eigenvalue weighted by Crippen LogP contribution is -2.09. The van der Waals surface area contributed by atoms with E-state index in [1.165, 1.54) is 93.2 Å². The average Bonchev–Trinajstić information content (AvgIpc) is 3.69. The number of aromatic nitrogens is 1. The lowest BCUT2D eigenvalue weighted by molar-refractivity contribution is 1.20. The van der Waals surface area contributed by atoms with E-state index in [1.807, 2.05) is 0 Å². The van der Waals surface area contributed by atoms with Gasteiger partial charge in [-0.05, 0) is 115 Å². The number of hydrogen-bond acceptors (Lipinski definition) is 1. The quantitative estimate of drug-likeness (QED) is 0.146. The third-order valence-corrected chi connectivity index (χ3v) is 12.6. The molecular formula is C60H40N2.